The lowest BCUT2D eigenvalue weighted by Gasteiger charge is -2.16. The van der Waals surface area contributed by atoms with Crippen molar-refractivity contribution in [2.45, 2.75) is 0 Å². The fourth-order valence-electron chi connectivity index (χ4n) is 7.84. The molecule has 7 heteroatoms. The van der Waals surface area contributed by atoms with Crippen molar-refractivity contribution in [3.8, 4) is 74.0 Å². The summed E-state index contributed by atoms with van der Waals surface area (Å²) in [7, 11) is 0. The molecule has 0 amide bonds. The van der Waals surface area contributed by atoms with E-state index in [4.69, 9.17) is 29.9 Å². The van der Waals surface area contributed by atoms with Crippen LogP contribution in [0.3, 0.4) is 0 Å². The van der Waals surface area contributed by atoms with Gasteiger partial charge in [0.15, 0.2) is 34.9 Å². The highest BCUT2D eigenvalue weighted by Crippen LogP contribution is 2.38. The van der Waals surface area contributed by atoms with Crippen LogP contribution in [-0.4, -0.2) is 34.5 Å². The van der Waals surface area contributed by atoms with Crippen LogP contribution in [0, 0.1) is 0 Å². The van der Waals surface area contributed by atoms with E-state index in [1.165, 1.54) is 0 Å². The molecule has 7 nitrogen and oxygen atoms in total. The van der Waals surface area contributed by atoms with Crippen molar-refractivity contribution in [1.82, 2.24) is 34.5 Å². The van der Waals surface area contributed by atoms with E-state index >= 15 is 0 Å². The highest BCUT2D eigenvalue weighted by Gasteiger charge is 2.22. The molecule has 11 aromatic rings. The van der Waals surface area contributed by atoms with Gasteiger partial charge in [0.2, 0.25) is 0 Å². The van der Waals surface area contributed by atoms with E-state index in [1.807, 2.05) is 97.1 Å². The van der Waals surface area contributed by atoms with Gasteiger partial charge in [-0.2, -0.15) is 0 Å². The third kappa shape index (κ3) is 6.27. The van der Waals surface area contributed by atoms with Gasteiger partial charge in [0.25, 0.3) is 0 Å². The summed E-state index contributed by atoms with van der Waals surface area (Å²) in [5.41, 5.74) is 8.28. The van der Waals surface area contributed by atoms with E-state index in [1.54, 1.807) is 0 Å². The van der Waals surface area contributed by atoms with E-state index in [0.29, 0.717) is 34.9 Å². The molecule has 0 bridgehead atoms. The number of para-hydroxylation sites is 2. The second-order valence-corrected chi connectivity index (χ2v) is 14.4. The van der Waals surface area contributed by atoms with Crippen LogP contribution in [0.2, 0.25) is 0 Å². The van der Waals surface area contributed by atoms with E-state index < -0.39 is 0 Å². The van der Waals surface area contributed by atoms with Crippen LogP contribution in [0.15, 0.2) is 200 Å². The molecular formula is C52H33N7. The minimum absolute atomic E-state index is 0.531. The average molecular weight is 756 g/mol. The molecule has 276 valence electrons. The van der Waals surface area contributed by atoms with Crippen LogP contribution in [0.25, 0.3) is 107 Å². The largest absolute Gasteiger partial charge is 0.309 e. The van der Waals surface area contributed by atoms with Crippen LogP contribution < -0.4 is 0 Å². The Balaban J connectivity index is 1.19. The van der Waals surface area contributed by atoms with Gasteiger partial charge in [0.1, 0.15) is 0 Å². The first-order valence-corrected chi connectivity index (χ1v) is 19.5. The molecule has 0 N–H and O–H groups in total. The van der Waals surface area contributed by atoms with Gasteiger partial charge in [-0.1, -0.05) is 164 Å². The molecule has 11 rings (SSSR count). The summed E-state index contributed by atoms with van der Waals surface area (Å²) < 4.78 is 2.31. The maximum atomic E-state index is 5.24. The Kier molecular flexibility index (Phi) is 8.33. The second-order valence-electron chi connectivity index (χ2n) is 14.4. The zero-order chi connectivity index (χ0) is 39.1. The van der Waals surface area contributed by atoms with E-state index in [9.17, 15) is 0 Å². The van der Waals surface area contributed by atoms with Gasteiger partial charge in [0.05, 0.1) is 16.7 Å². The van der Waals surface area contributed by atoms with Gasteiger partial charge in [0, 0.05) is 44.2 Å². The third-order valence-electron chi connectivity index (χ3n) is 10.7. The van der Waals surface area contributed by atoms with Crippen molar-refractivity contribution in [1.29, 1.82) is 0 Å². The molecule has 3 heterocycles. The lowest BCUT2D eigenvalue weighted by Crippen LogP contribution is -2.05. The monoisotopic (exact) mass is 755 g/mol. The lowest BCUT2D eigenvalue weighted by molar-refractivity contribution is 1.06. The van der Waals surface area contributed by atoms with E-state index in [2.05, 4.69) is 108 Å². The quantitative estimate of drug-likeness (QED) is 0.161. The number of benzene rings is 8. The molecule has 0 spiro atoms. The summed E-state index contributed by atoms with van der Waals surface area (Å²) in [5.74, 6) is 3.41. The number of aromatic nitrogens is 7. The molecule has 0 saturated carbocycles. The minimum atomic E-state index is 0.531. The van der Waals surface area contributed by atoms with Crippen LogP contribution in [0.5, 0.6) is 0 Å². The molecule has 8 aromatic carbocycles. The van der Waals surface area contributed by atoms with Gasteiger partial charge in [-0.15, -0.1) is 0 Å². The van der Waals surface area contributed by atoms with Crippen molar-refractivity contribution < 1.29 is 0 Å². The Morgan fingerprint density at radius 3 is 1.19 bits per heavy atom. The SMILES string of the molecule is c1ccc(-c2nc(-c3ccc(-n4c5ccccc5c5ccccc54)c(-c4nc(-c5ccccc5)nc(-c5ccccc5)n4)c3)nc(-c3ccc4ccccc4c3)n2)cc1. The molecule has 3 aromatic heterocycles. The summed E-state index contributed by atoms with van der Waals surface area (Å²) in [4.78, 5) is 30.9. The van der Waals surface area contributed by atoms with Crippen molar-refractivity contribution in [3.63, 3.8) is 0 Å². The fourth-order valence-corrected chi connectivity index (χ4v) is 7.84. The topological polar surface area (TPSA) is 82.3 Å². The van der Waals surface area contributed by atoms with Crippen molar-refractivity contribution in [3.05, 3.63) is 200 Å². The van der Waals surface area contributed by atoms with Gasteiger partial charge in [-0.3, -0.25) is 0 Å². The summed E-state index contributed by atoms with van der Waals surface area (Å²) in [6.45, 7) is 0. The van der Waals surface area contributed by atoms with Gasteiger partial charge >= 0.3 is 0 Å². The summed E-state index contributed by atoms with van der Waals surface area (Å²) >= 11 is 0. The number of hydrogen-bond acceptors (Lipinski definition) is 6. The maximum absolute atomic E-state index is 5.24. The number of rotatable bonds is 7. The van der Waals surface area contributed by atoms with Crippen LogP contribution in [0.4, 0.5) is 0 Å². The normalized spacial score (nSPS) is 11.4. The second kappa shape index (κ2) is 14.4. The fraction of sp³-hybridized carbons (Fsp3) is 0. The molecule has 0 aliphatic rings. The molecule has 0 fully saturated rings. The van der Waals surface area contributed by atoms with Gasteiger partial charge < -0.3 is 4.57 Å². The molecule has 0 atom stereocenters. The molecule has 0 radical (unpaired) electrons. The Hall–Kier alpha value is -8.16. The minimum Gasteiger partial charge on any atom is -0.309 e. The number of fused-ring (bicyclic) bond motifs is 4. The maximum Gasteiger partial charge on any atom is 0.166 e. The first-order chi connectivity index (χ1) is 29.2. The smallest absolute Gasteiger partial charge is 0.166 e. The van der Waals surface area contributed by atoms with Crippen LogP contribution in [-0.2, 0) is 0 Å². The Morgan fingerprint density at radius 2 is 0.661 bits per heavy atom. The molecule has 0 aliphatic heterocycles. The number of nitrogens with zero attached hydrogens (tertiary/aromatic N) is 7. The summed E-state index contributed by atoms with van der Waals surface area (Å²) in [6, 6.07) is 68.2. The zero-order valence-electron chi connectivity index (χ0n) is 31.7. The zero-order valence-corrected chi connectivity index (χ0v) is 31.7. The highest BCUT2D eigenvalue weighted by molar-refractivity contribution is 6.09. The molecular weight excluding hydrogens is 723 g/mol. The average Bonchev–Trinajstić information content (AvgIpc) is 3.66. The predicted octanol–water partition coefficient (Wildman–Crippen LogP) is 12.3. The van der Waals surface area contributed by atoms with Crippen molar-refractivity contribution >= 4 is 32.6 Å². The molecule has 0 aliphatic carbocycles. The van der Waals surface area contributed by atoms with Crippen LogP contribution in [0.1, 0.15) is 0 Å². The summed E-state index contributed by atoms with van der Waals surface area (Å²) in [5, 5.41) is 4.59. The Bertz CT molecular complexity index is 3210. The first-order valence-electron chi connectivity index (χ1n) is 19.5. The number of hydrogen-bond donors (Lipinski definition) is 0. The Morgan fingerprint density at radius 1 is 0.271 bits per heavy atom. The molecule has 0 saturated heterocycles. The van der Waals surface area contributed by atoms with Gasteiger partial charge in [-0.25, -0.2) is 29.9 Å². The molecule has 59 heavy (non-hydrogen) atoms. The molecule has 0 unspecified atom stereocenters. The highest BCUT2D eigenvalue weighted by atomic mass is 15.1. The lowest BCUT2D eigenvalue weighted by atomic mass is 10.0. The first kappa shape index (κ1) is 34.1. The van der Waals surface area contributed by atoms with Crippen molar-refractivity contribution in [2.24, 2.45) is 0 Å². The standard InChI is InChI=1S/C52H33N7/c1-4-17-35(18-5-1)47-54-50(39-29-28-34-16-10-11-23-38(34)32-39)56-51(55-47)40-30-31-46(59-44-26-14-12-24-41(44)42-25-13-15-27-45(42)59)43(33-40)52-57-48(36-19-6-2-7-20-36)53-49(58-52)37-21-8-3-9-22-37/h1-33H. The van der Waals surface area contributed by atoms with Crippen molar-refractivity contribution in [2.75, 3.05) is 0 Å². The van der Waals surface area contributed by atoms with E-state index in [0.717, 1.165) is 71.6 Å². The Labute approximate surface area is 340 Å². The van der Waals surface area contributed by atoms with Crippen LogP contribution >= 0.6 is 0 Å². The van der Waals surface area contributed by atoms with E-state index in [-0.39, 0.29) is 0 Å². The summed E-state index contributed by atoms with van der Waals surface area (Å²) in [6.07, 6.45) is 0. The third-order valence-corrected chi connectivity index (χ3v) is 10.7. The predicted molar refractivity (Wildman–Crippen MR) is 238 cm³/mol. The van der Waals surface area contributed by atoms with Gasteiger partial charge in [-0.05, 0) is 47.2 Å².